The summed E-state index contributed by atoms with van der Waals surface area (Å²) in [7, 11) is 0. The maximum Gasteiger partial charge on any atom is 0.407 e. The zero-order valence-corrected chi connectivity index (χ0v) is 15.1. The molecule has 0 atom stereocenters. The Bertz CT molecular complexity index is 542. The molecule has 0 spiro atoms. The number of amides is 1. The van der Waals surface area contributed by atoms with Crippen LogP contribution in [0.25, 0.3) is 0 Å². The number of carbonyl (C=O) groups is 1. The molecule has 0 aliphatic heterocycles. The van der Waals surface area contributed by atoms with E-state index in [1.165, 1.54) is 0 Å². The fraction of sp³-hybridized carbons (Fsp3) is 0.824. The number of hydrogen-bond donors (Lipinski definition) is 2. The number of ether oxygens (including phenoxy) is 1. The molecule has 7 nitrogen and oxygen atoms in total. The van der Waals surface area contributed by atoms with Gasteiger partial charge in [0.2, 0.25) is 5.89 Å². The van der Waals surface area contributed by atoms with Crippen LogP contribution in [0, 0.1) is 0 Å². The first-order valence-electron chi connectivity index (χ1n) is 8.72. The number of hydrogen-bond acceptors (Lipinski definition) is 6. The Hall–Kier alpha value is -1.63. The van der Waals surface area contributed by atoms with E-state index in [-0.39, 0.29) is 6.04 Å². The van der Waals surface area contributed by atoms with Gasteiger partial charge in [0, 0.05) is 12.5 Å². The number of nitrogens with zero attached hydrogens (tertiary/aromatic N) is 2. The van der Waals surface area contributed by atoms with Crippen LogP contribution in [-0.4, -0.2) is 38.6 Å². The number of aromatic nitrogens is 2. The van der Waals surface area contributed by atoms with E-state index in [0.717, 1.165) is 12.8 Å². The Morgan fingerprint density at radius 2 is 2.08 bits per heavy atom. The highest BCUT2D eigenvalue weighted by molar-refractivity contribution is 5.68. The molecule has 0 saturated heterocycles. The molecule has 1 aliphatic carbocycles. The molecule has 1 fully saturated rings. The fourth-order valence-corrected chi connectivity index (χ4v) is 2.92. The summed E-state index contributed by atoms with van der Waals surface area (Å²) >= 11 is 0. The molecule has 136 valence electrons. The number of rotatable bonds is 5. The summed E-state index contributed by atoms with van der Waals surface area (Å²) in [5.74, 6) is 1.18. The first-order valence-corrected chi connectivity index (χ1v) is 8.72. The van der Waals surface area contributed by atoms with Gasteiger partial charge in [-0.15, -0.1) is 0 Å². The smallest absolute Gasteiger partial charge is 0.407 e. The van der Waals surface area contributed by atoms with E-state index in [0.29, 0.717) is 43.8 Å². The van der Waals surface area contributed by atoms with Gasteiger partial charge in [0.1, 0.15) is 5.60 Å². The molecule has 2 rings (SSSR count). The van der Waals surface area contributed by atoms with Crippen molar-refractivity contribution >= 4 is 6.09 Å². The highest BCUT2D eigenvalue weighted by Crippen LogP contribution is 2.31. The average molecular weight is 339 g/mol. The standard InChI is InChI=1S/C17H29N3O4/c1-5-6-13-19-14(24-20-13)11-17(22)9-7-12(8-10-17)18-15(21)23-16(2,3)4/h12,22H,5-11H2,1-4H3,(H,18,21). The summed E-state index contributed by atoms with van der Waals surface area (Å²) in [6, 6.07) is 0.0264. The Balaban J connectivity index is 1.81. The second kappa shape index (κ2) is 7.51. The Labute approximate surface area is 143 Å². The molecule has 1 aromatic rings. The minimum absolute atomic E-state index is 0.0264. The van der Waals surface area contributed by atoms with E-state index in [2.05, 4.69) is 22.4 Å². The van der Waals surface area contributed by atoms with Crippen LogP contribution in [0.2, 0.25) is 0 Å². The van der Waals surface area contributed by atoms with Gasteiger partial charge in [0.15, 0.2) is 5.82 Å². The first-order chi connectivity index (χ1) is 11.2. The molecular weight excluding hydrogens is 310 g/mol. The van der Waals surface area contributed by atoms with Crippen molar-refractivity contribution in [2.45, 2.75) is 89.9 Å². The Morgan fingerprint density at radius 1 is 1.42 bits per heavy atom. The van der Waals surface area contributed by atoms with E-state index < -0.39 is 17.3 Å². The summed E-state index contributed by atoms with van der Waals surface area (Å²) in [4.78, 5) is 16.1. The van der Waals surface area contributed by atoms with Gasteiger partial charge in [-0.05, 0) is 52.9 Å². The lowest BCUT2D eigenvalue weighted by molar-refractivity contribution is -0.0113. The summed E-state index contributed by atoms with van der Waals surface area (Å²) in [5.41, 5.74) is -1.35. The third-order valence-corrected chi connectivity index (χ3v) is 4.10. The van der Waals surface area contributed by atoms with Crippen molar-refractivity contribution in [2.75, 3.05) is 0 Å². The van der Waals surface area contributed by atoms with Gasteiger partial charge in [-0.1, -0.05) is 12.1 Å². The zero-order chi connectivity index (χ0) is 17.8. The predicted octanol–water partition coefficient (Wildman–Crippen LogP) is 2.76. The van der Waals surface area contributed by atoms with Crippen molar-refractivity contribution in [2.24, 2.45) is 0 Å². The molecule has 0 unspecified atom stereocenters. The van der Waals surface area contributed by atoms with Crippen LogP contribution in [0.5, 0.6) is 0 Å². The summed E-state index contributed by atoms with van der Waals surface area (Å²) in [5, 5.41) is 17.5. The average Bonchev–Trinajstić information content (AvgIpc) is 2.87. The van der Waals surface area contributed by atoms with Gasteiger partial charge < -0.3 is 19.7 Å². The van der Waals surface area contributed by atoms with Crippen LogP contribution >= 0.6 is 0 Å². The molecule has 0 radical (unpaired) electrons. The zero-order valence-electron chi connectivity index (χ0n) is 15.1. The van der Waals surface area contributed by atoms with E-state index in [1.54, 1.807) is 0 Å². The van der Waals surface area contributed by atoms with Gasteiger partial charge in [0.25, 0.3) is 0 Å². The molecule has 1 saturated carbocycles. The van der Waals surface area contributed by atoms with Crippen LogP contribution in [0.3, 0.4) is 0 Å². The molecule has 0 aromatic carbocycles. The van der Waals surface area contributed by atoms with Gasteiger partial charge >= 0.3 is 6.09 Å². The van der Waals surface area contributed by atoms with E-state index in [1.807, 2.05) is 20.8 Å². The molecule has 2 N–H and O–H groups in total. The largest absolute Gasteiger partial charge is 0.444 e. The quantitative estimate of drug-likeness (QED) is 0.856. The predicted molar refractivity (Wildman–Crippen MR) is 88.6 cm³/mol. The van der Waals surface area contributed by atoms with Crippen LogP contribution in [0.4, 0.5) is 4.79 Å². The van der Waals surface area contributed by atoms with E-state index >= 15 is 0 Å². The molecule has 1 amide bonds. The second-order valence-corrected chi connectivity index (χ2v) is 7.68. The molecule has 7 heteroatoms. The minimum Gasteiger partial charge on any atom is -0.444 e. The van der Waals surface area contributed by atoms with Gasteiger partial charge in [-0.2, -0.15) is 4.98 Å². The summed E-state index contributed by atoms with van der Waals surface area (Å²) < 4.78 is 10.5. The first kappa shape index (κ1) is 18.7. The van der Waals surface area contributed by atoms with Crippen LogP contribution in [-0.2, 0) is 17.6 Å². The van der Waals surface area contributed by atoms with Crippen LogP contribution in [0.15, 0.2) is 4.52 Å². The van der Waals surface area contributed by atoms with E-state index in [4.69, 9.17) is 9.26 Å². The number of nitrogens with one attached hydrogen (secondary N) is 1. The Kier molecular flexibility index (Phi) is 5.85. The molecule has 1 heterocycles. The topological polar surface area (TPSA) is 97.5 Å². The van der Waals surface area contributed by atoms with Crippen LogP contribution < -0.4 is 5.32 Å². The lowest BCUT2D eigenvalue weighted by atomic mass is 9.80. The number of alkyl carbamates (subject to hydrolysis) is 1. The number of aryl methyl sites for hydroxylation is 1. The van der Waals surface area contributed by atoms with Gasteiger partial charge in [-0.25, -0.2) is 4.79 Å². The van der Waals surface area contributed by atoms with Crippen LogP contribution in [0.1, 0.15) is 71.5 Å². The normalized spacial score (nSPS) is 24.6. The maximum absolute atomic E-state index is 11.8. The van der Waals surface area contributed by atoms with Crippen molar-refractivity contribution in [1.82, 2.24) is 15.5 Å². The second-order valence-electron chi connectivity index (χ2n) is 7.68. The summed E-state index contributed by atoms with van der Waals surface area (Å²) in [6.07, 6.45) is 4.27. The van der Waals surface area contributed by atoms with Gasteiger partial charge in [0.05, 0.1) is 12.0 Å². The SMILES string of the molecule is CCCc1noc(CC2(O)CCC(NC(=O)OC(C)(C)C)CC2)n1. The van der Waals surface area contributed by atoms with Crippen molar-refractivity contribution in [3.63, 3.8) is 0 Å². The minimum atomic E-state index is -0.845. The highest BCUT2D eigenvalue weighted by Gasteiger charge is 2.36. The summed E-state index contributed by atoms with van der Waals surface area (Å²) in [6.45, 7) is 7.57. The molecule has 1 aromatic heterocycles. The molecule has 1 aliphatic rings. The Morgan fingerprint density at radius 3 is 2.67 bits per heavy atom. The van der Waals surface area contributed by atoms with Crippen molar-refractivity contribution in [3.05, 3.63) is 11.7 Å². The molecule has 0 bridgehead atoms. The number of aliphatic hydroxyl groups is 1. The van der Waals surface area contributed by atoms with Crippen molar-refractivity contribution < 1.29 is 19.2 Å². The fourth-order valence-electron chi connectivity index (χ4n) is 2.92. The van der Waals surface area contributed by atoms with Gasteiger partial charge in [-0.3, -0.25) is 0 Å². The third-order valence-electron chi connectivity index (χ3n) is 4.10. The van der Waals surface area contributed by atoms with Crippen molar-refractivity contribution in [3.8, 4) is 0 Å². The number of carbonyl (C=O) groups excluding carboxylic acids is 1. The lowest BCUT2D eigenvalue weighted by Crippen LogP contribution is -2.45. The maximum atomic E-state index is 11.8. The molecular formula is C17H29N3O4. The monoisotopic (exact) mass is 339 g/mol. The lowest BCUT2D eigenvalue weighted by Gasteiger charge is -2.35. The van der Waals surface area contributed by atoms with E-state index in [9.17, 15) is 9.90 Å². The van der Waals surface area contributed by atoms with Crippen molar-refractivity contribution in [1.29, 1.82) is 0 Å². The third kappa shape index (κ3) is 5.78. The molecule has 24 heavy (non-hydrogen) atoms. The highest BCUT2D eigenvalue weighted by atomic mass is 16.6.